The zero-order chi connectivity index (χ0) is 12.4. The molecule has 0 aliphatic carbocycles. The van der Waals surface area contributed by atoms with Crippen molar-refractivity contribution in [3.05, 3.63) is 42.9 Å². The van der Waals surface area contributed by atoms with Gasteiger partial charge in [0.1, 0.15) is 10.3 Å². The van der Waals surface area contributed by atoms with Gasteiger partial charge in [0, 0.05) is 24.0 Å². The summed E-state index contributed by atoms with van der Waals surface area (Å²) < 4.78 is 2.19. The Labute approximate surface area is 111 Å². The summed E-state index contributed by atoms with van der Waals surface area (Å²) in [4.78, 5) is 21.5. The molecule has 0 aliphatic heterocycles. The first-order chi connectivity index (χ1) is 8.09. The van der Waals surface area contributed by atoms with Gasteiger partial charge in [-0.2, -0.15) is 0 Å². The quantitative estimate of drug-likeness (QED) is 0.873. The molecule has 0 radical (unpaired) electrons. The van der Waals surface area contributed by atoms with Crippen molar-refractivity contribution in [2.75, 3.05) is 0 Å². The Hall–Kier alpha value is -1.01. The van der Waals surface area contributed by atoms with Crippen LogP contribution in [-0.4, -0.2) is 14.5 Å². The fourth-order valence-electron chi connectivity index (χ4n) is 1.59. The summed E-state index contributed by atoms with van der Waals surface area (Å²) in [6.07, 6.45) is 2.36. The number of hydrogen-bond acceptors (Lipinski definition) is 4. The van der Waals surface area contributed by atoms with Crippen LogP contribution in [0.4, 0.5) is 0 Å². The molecule has 2 aromatic heterocycles. The van der Waals surface area contributed by atoms with Gasteiger partial charge in [-0.1, -0.05) is 0 Å². The van der Waals surface area contributed by atoms with E-state index in [0.717, 1.165) is 17.9 Å². The van der Waals surface area contributed by atoms with Crippen LogP contribution in [0.3, 0.4) is 0 Å². The molecule has 0 aliphatic rings. The summed E-state index contributed by atoms with van der Waals surface area (Å²) in [5.41, 5.74) is 2.85. The highest BCUT2D eigenvalue weighted by molar-refractivity contribution is 9.10. The molecule has 0 aromatic carbocycles. The van der Waals surface area contributed by atoms with E-state index >= 15 is 0 Å². The van der Waals surface area contributed by atoms with Crippen LogP contribution in [0.15, 0.2) is 21.0 Å². The molecule has 0 fully saturated rings. The van der Waals surface area contributed by atoms with Crippen LogP contribution in [-0.2, 0) is 13.0 Å². The molecular weight excluding hydrogens is 302 g/mol. The molecule has 0 amide bonds. The third-order valence-electron chi connectivity index (χ3n) is 2.61. The van der Waals surface area contributed by atoms with E-state index in [9.17, 15) is 4.79 Å². The largest absolute Gasteiger partial charge is 0.296 e. The van der Waals surface area contributed by atoms with Crippen LogP contribution in [0.5, 0.6) is 0 Å². The number of thiazole rings is 1. The molecule has 0 bridgehead atoms. The minimum Gasteiger partial charge on any atom is -0.296 e. The molecule has 2 heterocycles. The highest BCUT2D eigenvalue weighted by Crippen LogP contribution is 2.13. The summed E-state index contributed by atoms with van der Waals surface area (Å²) in [7, 11) is 0. The van der Waals surface area contributed by atoms with Gasteiger partial charge in [0.05, 0.1) is 11.2 Å². The van der Waals surface area contributed by atoms with E-state index in [1.54, 1.807) is 22.1 Å². The Morgan fingerprint density at radius 1 is 1.41 bits per heavy atom. The highest BCUT2D eigenvalue weighted by atomic mass is 79.9. The molecule has 0 N–H and O–H groups in total. The SMILES string of the molecule is Cc1ncsc1CCn1c(C)ncc(Br)c1=O. The van der Waals surface area contributed by atoms with E-state index in [-0.39, 0.29) is 5.56 Å². The average molecular weight is 314 g/mol. The van der Waals surface area contributed by atoms with Gasteiger partial charge in [0.25, 0.3) is 5.56 Å². The normalized spacial score (nSPS) is 10.8. The van der Waals surface area contributed by atoms with Gasteiger partial charge in [-0.25, -0.2) is 9.97 Å². The van der Waals surface area contributed by atoms with Gasteiger partial charge in [-0.15, -0.1) is 11.3 Å². The lowest BCUT2D eigenvalue weighted by atomic mass is 10.3. The number of aryl methyl sites for hydroxylation is 3. The van der Waals surface area contributed by atoms with Crippen molar-refractivity contribution in [3.63, 3.8) is 0 Å². The van der Waals surface area contributed by atoms with Crippen molar-refractivity contribution in [1.82, 2.24) is 14.5 Å². The molecular formula is C11H12BrN3OS. The van der Waals surface area contributed by atoms with E-state index in [0.29, 0.717) is 11.0 Å². The van der Waals surface area contributed by atoms with E-state index in [4.69, 9.17) is 0 Å². The minimum absolute atomic E-state index is 0.0281. The molecule has 0 atom stereocenters. The molecule has 0 spiro atoms. The smallest absolute Gasteiger partial charge is 0.267 e. The first-order valence-corrected chi connectivity index (χ1v) is 6.87. The van der Waals surface area contributed by atoms with Gasteiger partial charge < -0.3 is 0 Å². The molecule has 0 saturated heterocycles. The zero-order valence-electron chi connectivity index (χ0n) is 9.61. The third kappa shape index (κ3) is 2.63. The number of aromatic nitrogens is 3. The van der Waals surface area contributed by atoms with Gasteiger partial charge in [-0.05, 0) is 29.8 Å². The molecule has 17 heavy (non-hydrogen) atoms. The topological polar surface area (TPSA) is 47.8 Å². The molecule has 0 saturated carbocycles. The van der Waals surface area contributed by atoms with Crippen molar-refractivity contribution in [3.8, 4) is 0 Å². The van der Waals surface area contributed by atoms with Gasteiger partial charge >= 0.3 is 0 Å². The van der Waals surface area contributed by atoms with Crippen molar-refractivity contribution in [1.29, 1.82) is 0 Å². The summed E-state index contributed by atoms with van der Waals surface area (Å²) in [5.74, 6) is 0.736. The summed E-state index contributed by atoms with van der Waals surface area (Å²) in [6.45, 7) is 4.47. The van der Waals surface area contributed by atoms with Crippen molar-refractivity contribution < 1.29 is 0 Å². The summed E-state index contributed by atoms with van der Waals surface area (Å²) >= 11 is 4.83. The van der Waals surface area contributed by atoms with Crippen molar-refractivity contribution >= 4 is 27.3 Å². The van der Waals surface area contributed by atoms with Crippen LogP contribution in [0.25, 0.3) is 0 Å². The van der Waals surface area contributed by atoms with E-state index in [1.807, 2.05) is 19.4 Å². The summed E-state index contributed by atoms with van der Waals surface area (Å²) in [6, 6.07) is 0. The monoisotopic (exact) mass is 313 g/mol. The second-order valence-electron chi connectivity index (χ2n) is 3.72. The maximum Gasteiger partial charge on any atom is 0.267 e. The van der Waals surface area contributed by atoms with E-state index in [2.05, 4.69) is 25.9 Å². The standard InChI is InChI=1S/C11H12BrN3OS/c1-7-10(17-6-14-7)3-4-15-8(2)13-5-9(12)11(15)16/h5-6H,3-4H2,1-2H3. The average Bonchev–Trinajstić information content (AvgIpc) is 2.70. The van der Waals surface area contributed by atoms with Gasteiger partial charge in [0.15, 0.2) is 0 Å². The van der Waals surface area contributed by atoms with Crippen molar-refractivity contribution in [2.45, 2.75) is 26.8 Å². The Bertz CT molecular complexity index is 591. The Morgan fingerprint density at radius 2 is 2.18 bits per heavy atom. The lowest BCUT2D eigenvalue weighted by molar-refractivity contribution is 0.628. The molecule has 2 aromatic rings. The van der Waals surface area contributed by atoms with Gasteiger partial charge in [0.2, 0.25) is 0 Å². The predicted octanol–water partition coefficient (Wildman–Crippen LogP) is 2.32. The Kier molecular flexibility index (Phi) is 3.73. The fraction of sp³-hybridized carbons (Fsp3) is 0.364. The van der Waals surface area contributed by atoms with Gasteiger partial charge in [-0.3, -0.25) is 9.36 Å². The molecule has 90 valence electrons. The second-order valence-corrected chi connectivity index (χ2v) is 5.51. The van der Waals surface area contributed by atoms with Crippen LogP contribution >= 0.6 is 27.3 Å². The highest BCUT2D eigenvalue weighted by Gasteiger charge is 2.07. The third-order valence-corrected chi connectivity index (χ3v) is 4.15. The van der Waals surface area contributed by atoms with Crippen molar-refractivity contribution in [2.24, 2.45) is 0 Å². The lowest BCUT2D eigenvalue weighted by Gasteiger charge is -2.08. The van der Waals surface area contributed by atoms with E-state index in [1.165, 1.54) is 4.88 Å². The molecule has 0 unspecified atom stereocenters. The number of rotatable bonds is 3. The predicted molar refractivity (Wildman–Crippen MR) is 71.5 cm³/mol. The summed E-state index contributed by atoms with van der Waals surface area (Å²) in [5, 5.41) is 0. The first-order valence-electron chi connectivity index (χ1n) is 5.20. The number of nitrogens with zero attached hydrogens (tertiary/aromatic N) is 3. The molecule has 6 heteroatoms. The van der Waals surface area contributed by atoms with Crippen LogP contribution in [0.1, 0.15) is 16.4 Å². The zero-order valence-corrected chi connectivity index (χ0v) is 12.0. The number of hydrogen-bond donors (Lipinski definition) is 0. The number of halogens is 1. The lowest BCUT2D eigenvalue weighted by Crippen LogP contribution is -2.24. The maximum atomic E-state index is 11.9. The molecule has 2 rings (SSSR count). The first kappa shape index (κ1) is 12.4. The van der Waals surface area contributed by atoms with Crippen LogP contribution in [0.2, 0.25) is 0 Å². The van der Waals surface area contributed by atoms with Crippen LogP contribution < -0.4 is 5.56 Å². The Balaban J connectivity index is 2.23. The van der Waals surface area contributed by atoms with Crippen LogP contribution in [0, 0.1) is 13.8 Å². The van der Waals surface area contributed by atoms with E-state index < -0.39 is 0 Å². The fourth-order valence-corrected chi connectivity index (χ4v) is 2.68. The Morgan fingerprint density at radius 3 is 2.82 bits per heavy atom. The molecule has 4 nitrogen and oxygen atoms in total. The maximum absolute atomic E-state index is 11.9. The minimum atomic E-state index is -0.0281. The second kappa shape index (κ2) is 5.10.